The number of carbonyl (C=O) groups is 3. The molecule has 10 nitrogen and oxygen atoms in total. The number of Topliss-reactive ketones (excluding diaryl/α,β-unsaturated/α-hetero) is 1. The summed E-state index contributed by atoms with van der Waals surface area (Å²) in [7, 11) is -3.99. The van der Waals surface area contributed by atoms with Crippen LogP contribution in [0.25, 0.3) is 11.0 Å². The maximum absolute atomic E-state index is 13.8. The minimum atomic E-state index is -3.99. The zero-order chi connectivity index (χ0) is 28.5. The van der Waals surface area contributed by atoms with Gasteiger partial charge in [-0.1, -0.05) is 43.5 Å². The third kappa shape index (κ3) is 5.27. The van der Waals surface area contributed by atoms with Crippen molar-refractivity contribution in [1.29, 1.82) is 0 Å². The minimum absolute atomic E-state index is 0.123. The summed E-state index contributed by atoms with van der Waals surface area (Å²) in [5, 5.41) is 6.55. The highest BCUT2D eigenvalue weighted by atomic mass is 32.2. The van der Waals surface area contributed by atoms with E-state index in [-0.39, 0.29) is 23.8 Å². The quantitative estimate of drug-likeness (QED) is 0.466. The van der Waals surface area contributed by atoms with Crippen LogP contribution >= 0.6 is 0 Å². The summed E-state index contributed by atoms with van der Waals surface area (Å²) in [6, 6.07) is 10.6. The number of hydrogen-bond donors (Lipinski definition) is 2. The number of benzene rings is 1. The lowest BCUT2D eigenvalue weighted by Crippen LogP contribution is -2.62. The van der Waals surface area contributed by atoms with Crippen molar-refractivity contribution in [3.8, 4) is 0 Å². The molecule has 1 aromatic carbocycles. The first-order valence-electron chi connectivity index (χ1n) is 13.7. The van der Waals surface area contributed by atoms with Crippen molar-refractivity contribution in [3.05, 3.63) is 60.0 Å². The van der Waals surface area contributed by atoms with Gasteiger partial charge in [-0.15, -0.1) is 0 Å². The van der Waals surface area contributed by atoms with Crippen LogP contribution < -0.4 is 10.6 Å². The van der Waals surface area contributed by atoms with Gasteiger partial charge in [-0.2, -0.15) is 4.31 Å². The highest BCUT2D eigenvalue weighted by molar-refractivity contribution is 7.89. The van der Waals surface area contributed by atoms with Gasteiger partial charge in [-0.05, 0) is 57.7 Å². The van der Waals surface area contributed by atoms with Gasteiger partial charge in [0.15, 0.2) is 16.6 Å². The highest BCUT2D eigenvalue weighted by Gasteiger charge is 2.44. The van der Waals surface area contributed by atoms with E-state index < -0.39 is 45.2 Å². The molecule has 1 aliphatic heterocycles. The van der Waals surface area contributed by atoms with Gasteiger partial charge in [-0.3, -0.25) is 14.4 Å². The van der Waals surface area contributed by atoms with Gasteiger partial charge in [0.1, 0.15) is 11.1 Å². The van der Waals surface area contributed by atoms with Crippen LogP contribution in [0.15, 0.2) is 58.1 Å². The fourth-order valence-electron chi connectivity index (χ4n) is 5.75. The van der Waals surface area contributed by atoms with E-state index in [1.807, 2.05) is 25.1 Å². The van der Waals surface area contributed by atoms with Crippen LogP contribution in [0, 0.1) is 6.92 Å². The van der Waals surface area contributed by atoms with Gasteiger partial charge in [0.25, 0.3) is 15.9 Å². The molecule has 3 heterocycles. The van der Waals surface area contributed by atoms with Gasteiger partial charge in [0, 0.05) is 23.2 Å². The summed E-state index contributed by atoms with van der Waals surface area (Å²) >= 11 is 0. The number of hydrogen-bond acceptors (Lipinski definition) is 7. The molecule has 3 aromatic rings. The molecular formula is C29H34N4O6S. The third-order valence-corrected chi connectivity index (χ3v) is 10.0. The average Bonchev–Trinajstić information content (AvgIpc) is 3.23. The molecule has 2 N–H and O–H groups in total. The van der Waals surface area contributed by atoms with Crippen LogP contribution in [0.3, 0.4) is 0 Å². The van der Waals surface area contributed by atoms with Crippen molar-refractivity contribution < 1.29 is 27.2 Å². The highest BCUT2D eigenvalue weighted by Crippen LogP contribution is 2.31. The Morgan fingerprint density at radius 3 is 2.48 bits per heavy atom. The minimum Gasteiger partial charge on any atom is -0.451 e. The van der Waals surface area contributed by atoms with Crippen molar-refractivity contribution in [2.24, 2.45) is 0 Å². The molecule has 11 heteroatoms. The number of nitrogens with one attached hydrogen (secondary N) is 2. The smallest absolute Gasteiger partial charge is 0.288 e. The first kappa shape index (κ1) is 28.0. The molecule has 1 aliphatic carbocycles. The molecule has 2 amide bonds. The maximum atomic E-state index is 13.8. The summed E-state index contributed by atoms with van der Waals surface area (Å²) in [4.78, 5) is 44.5. The molecule has 2 atom stereocenters. The number of fused-ring (bicyclic) bond motifs is 1. The third-order valence-electron chi connectivity index (χ3n) is 8.13. The molecule has 2 aromatic heterocycles. The predicted octanol–water partition coefficient (Wildman–Crippen LogP) is 3.50. The van der Waals surface area contributed by atoms with Crippen molar-refractivity contribution in [2.75, 3.05) is 6.54 Å². The second-order valence-corrected chi connectivity index (χ2v) is 12.6. The Kier molecular flexibility index (Phi) is 7.78. The molecule has 1 saturated carbocycles. The van der Waals surface area contributed by atoms with E-state index in [2.05, 4.69) is 15.6 Å². The Balaban J connectivity index is 1.34. The van der Waals surface area contributed by atoms with E-state index in [0.29, 0.717) is 30.4 Å². The normalized spacial score (nSPS) is 22.0. The number of sulfonamides is 1. The van der Waals surface area contributed by atoms with Gasteiger partial charge in [0.2, 0.25) is 5.91 Å². The Hall–Kier alpha value is -3.57. The number of amides is 2. The first-order valence-corrected chi connectivity index (χ1v) is 15.1. The molecule has 212 valence electrons. The number of ketones is 1. The summed E-state index contributed by atoms with van der Waals surface area (Å²) in [5.74, 6) is -1.14. The van der Waals surface area contributed by atoms with Gasteiger partial charge in [-0.25, -0.2) is 13.4 Å². The SMILES string of the molecule is Cc1c(C(=O)NC2(C(=O)N[C@H]3CC[C@@H](C)N(S(=O)(=O)c4ccccn4)CC3=O)CCCCC2)oc2ccccc12. The largest absolute Gasteiger partial charge is 0.451 e. The fraction of sp³-hybridized carbons (Fsp3) is 0.448. The lowest BCUT2D eigenvalue weighted by Gasteiger charge is -2.37. The summed E-state index contributed by atoms with van der Waals surface area (Å²) in [6.07, 6.45) is 5.35. The summed E-state index contributed by atoms with van der Waals surface area (Å²) < 4.78 is 33.5. The van der Waals surface area contributed by atoms with E-state index in [4.69, 9.17) is 4.42 Å². The number of aryl methyl sites for hydroxylation is 1. The van der Waals surface area contributed by atoms with Crippen LogP contribution in [0.1, 0.15) is 68.0 Å². The molecule has 2 aliphatic rings. The van der Waals surface area contributed by atoms with Crippen LogP contribution in [-0.2, 0) is 19.6 Å². The zero-order valence-corrected chi connectivity index (χ0v) is 23.5. The second kappa shape index (κ2) is 11.1. The monoisotopic (exact) mass is 566 g/mol. The standard InChI is InChI=1S/C29H34N4O6S/c1-19-13-14-22(23(34)18-33(19)40(37,38)25-12-6-9-17-30-25)31-28(36)29(15-7-3-8-16-29)32-27(35)26-20(2)21-10-4-5-11-24(21)39-26/h4-6,9-12,17,19,22H,3,7-8,13-16,18H2,1-2H3,(H,31,36)(H,32,35)/t19-,22+/m1/s1. The average molecular weight is 567 g/mol. The van der Waals surface area contributed by atoms with E-state index in [1.165, 1.54) is 12.3 Å². The van der Waals surface area contributed by atoms with Crippen LogP contribution in [0.5, 0.6) is 0 Å². The Labute approximate surface area is 233 Å². The van der Waals surface area contributed by atoms with Crippen LogP contribution in [0.4, 0.5) is 0 Å². The topological polar surface area (TPSA) is 139 Å². The number of furan rings is 1. The lowest BCUT2D eigenvalue weighted by atomic mass is 9.80. The predicted molar refractivity (Wildman–Crippen MR) is 148 cm³/mol. The molecule has 0 spiro atoms. The molecule has 5 rings (SSSR count). The number of para-hydroxylation sites is 1. The number of carbonyl (C=O) groups excluding carboxylic acids is 3. The van der Waals surface area contributed by atoms with Gasteiger partial charge in [0.05, 0.1) is 12.6 Å². The van der Waals surface area contributed by atoms with Crippen LogP contribution in [-0.4, -0.2) is 59.5 Å². The summed E-state index contributed by atoms with van der Waals surface area (Å²) in [6.45, 7) is 3.18. The maximum Gasteiger partial charge on any atom is 0.288 e. The molecule has 40 heavy (non-hydrogen) atoms. The molecule has 0 unspecified atom stereocenters. The molecule has 0 bridgehead atoms. The second-order valence-electron chi connectivity index (χ2n) is 10.8. The Morgan fingerprint density at radius 2 is 1.77 bits per heavy atom. The number of nitrogens with zero attached hydrogens (tertiary/aromatic N) is 2. The summed E-state index contributed by atoms with van der Waals surface area (Å²) in [5.41, 5.74) is 0.0934. The van der Waals surface area contributed by atoms with Crippen molar-refractivity contribution in [3.63, 3.8) is 0 Å². The van der Waals surface area contributed by atoms with Crippen molar-refractivity contribution in [2.45, 2.75) is 81.4 Å². The fourth-order valence-corrected chi connectivity index (χ4v) is 7.31. The Bertz CT molecular complexity index is 1530. The zero-order valence-electron chi connectivity index (χ0n) is 22.7. The first-order chi connectivity index (χ1) is 19.1. The van der Waals surface area contributed by atoms with Crippen molar-refractivity contribution >= 4 is 38.6 Å². The van der Waals surface area contributed by atoms with E-state index in [0.717, 1.165) is 29.0 Å². The van der Waals surface area contributed by atoms with Gasteiger partial charge < -0.3 is 15.1 Å². The van der Waals surface area contributed by atoms with E-state index in [9.17, 15) is 22.8 Å². The number of pyridine rings is 1. The number of aromatic nitrogens is 1. The van der Waals surface area contributed by atoms with Crippen molar-refractivity contribution in [1.82, 2.24) is 19.9 Å². The van der Waals surface area contributed by atoms with Crippen LogP contribution in [0.2, 0.25) is 0 Å². The number of rotatable bonds is 6. The lowest BCUT2D eigenvalue weighted by molar-refractivity contribution is -0.132. The Morgan fingerprint density at radius 1 is 1.05 bits per heavy atom. The molecule has 2 fully saturated rings. The van der Waals surface area contributed by atoms with E-state index >= 15 is 0 Å². The molecular weight excluding hydrogens is 532 g/mol. The van der Waals surface area contributed by atoms with Gasteiger partial charge >= 0.3 is 0 Å². The van der Waals surface area contributed by atoms with E-state index in [1.54, 1.807) is 25.1 Å². The molecule has 0 radical (unpaired) electrons. The molecule has 1 saturated heterocycles.